The number of aromatic nitrogens is 2. The third-order valence-electron chi connectivity index (χ3n) is 5.26. The molecule has 7 nitrogen and oxygen atoms in total. The molecule has 0 amide bonds. The maximum Gasteiger partial charge on any atom is 0.280 e. The van der Waals surface area contributed by atoms with Gasteiger partial charge in [-0.05, 0) is 48.9 Å². The number of halogens is 2. The number of primary sulfonamides is 1. The van der Waals surface area contributed by atoms with Gasteiger partial charge >= 0.3 is 0 Å². The number of nitrogens with one attached hydrogen (secondary N) is 1. The van der Waals surface area contributed by atoms with E-state index in [-0.39, 0.29) is 22.7 Å². The second-order valence-corrected chi connectivity index (χ2v) is 9.37. The molecule has 0 saturated carbocycles. The van der Waals surface area contributed by atoms with E-state index in [2.05, 4.69) is 10.4 Å². The summed E-state index contributed by atoms with van der Waals surface area (Å²) in [5.41, 5.74) is 3.31. The van der Waals surface area contributed by atoms with Crippen molar-refractivity contribution in [3.63, 3.8) is 0 Å². The summed E-state index contributed by atoms with van der Waals surface area (Å²) in [4.78, 5) is 17.7. The fraction of sp³-hybridized carbons (Fsp3) is 0.130. The molecule has 0 aliphatic carbocycles. The third kappa shape index (κ3) is 4.47. The van der Waals surface area contributed by atoms with Gasteiger partial charge in [-0.25, -0.2) is 27.6 Å². The maximum atomic E-state index is 15.1. The molecular weight excluding hydrogens is 467 g/mol. The van der Waals surface area contributed by atoms with E-state index in [1.54, 1.807) is 43.3 Å². The molecule has 0 spiro atoms. The van der Waals surface area contributed by atoms with E-state index >= 15 is 4.39 Å². The summed E-state index contributed by atoms with van der Waals surface area (Å²) in [6.07, 6.45) is 0.235. The van der Waals surface area contributed by atoms with Gasteiger partial charge in [0.25, 0.3) is 5.56 Å². The van der Waals surface area contributed by atoms with E-state index in [0.29, 0.717) is 21.6 Å². The molecule has 170 valence electrons. The highest BCUT2D eigenvalue weighted by Crippen LogP contribution is 2.33. The van der Waals surface area contributed by atoms with Gasteiger partial charge in [-0.15, -0.1) is 0 Å². The first-order chi connectivity index (χ1) is 15.7. The van der Waals surface area contributed by atoms with Gasteiger partial charge in [-0.1, -0.05) is 42.8 Å². The van der Waals surface area contributed by atoms with Gasteiger partial charge in [0.15, 0.2) is 0 Å². The van der Waals surface area contributed by atoms with E-state index < -0.39 is 27.3 Å². The number of para-hydroxylation sites is 1. The molecule has 1 atom stereocenters. The van der Waals surface area contributed by atoms with Crippen LogP contribution < -0.4 is 16.1 Å². The number of fused-ring (bicyclic) bond motifs is 1. The lowest BCUT2D eigenvalue weighted by Gasteiger charge is -2.23. The molecule has 0 bridgehead atoms. The van der Waals surface area contributed by atoms with Gasteiger partial charge in [0.05, 0.1) is 21.5 Å². The number of hydrogen-bond acceptors (Lipinski definition) is 5. The molecule has 1 aromatic heterocycles. The summed E-state index contributed by atoms with van der Waals surface area (Å²) in [7, 11) is -4.25. The van der Waals surface area contributed by atoms with Crippen LogP contribution in [0.1, 0.15) is 30.7 Å². The molecule has 33 heavy (non-hydrogen) atoms. The van der Waals surface area contributed by atoms with Crippen molar-refractivity contribution in [1.29, 1.82) is 0 Å². The fourth-order valence-electron chi connectivity index (χ4n) is 3.78. The Kier molecular flexibility index (Phi) is 6.20. The monoisotopic (exact) mass is 486 g/mol. The summed E-state index contributed by atoms with van der Waals surface area (Å²) in [6.45, 7) is 1.74. The Morgan fingerprint density at radius 3 is 2.52 bits per heavy atom. The van der Waals surface area contributed by atoms with Crippen molar-refractivity contribution in [2.45, 2.75) is 24.2 Å². The van der Waals surface area contributed by atoms with Crippen molar-refractivity contribution in [1.82, 2.24) is 9.66 Å². The molecule has 0 fully saturated rings. The first-order valence-corrected chi connectivity index (χ1v) is 12.0. The Labute approximate surface area is 194 Å². The lowest BCUT2D eigenvalue weighted by molar-refractivity contribution is 0.555. The van der Waals surface area contributed by atoms with Gasteiger partial charge in [-0.3, -0.25) is 10.2 Å². The Bertz CT molecular complexity index is 1510. The molecule has 3 aromatic carbocycles. The summed E-state index contributed by atoms with van der Waals surface area (Å²) in [5, 5.41) is 6.05. The highest BCUT2D eigenvalue weighted by Gasteiger charge is 2.29. The fourth-order valence-corrected chi connectivity index (χ4v) is 4.76. The Morgan fingerprint density at radius 1 is 1.12 bits per heavy atom. The second-order valence-electron chi connectivity index (χ2n) is 7.41. The lowest BCUT2D eigenvalue weighted by Crippen LogP contribution is -2.33. The first-order valence-electron chi connectivity index (χ1n) is 10.1. The van der Waals surface area contributed by atoms with E-state index in [0.717, 1.165) is 6.07 Å². The minimum absolute atomic E-state index is 0.121. The zero-order valence-electron chi connectivity index (χ0n) is 17.5. The number of nitrogens with two attached hydrogens (primary N) is 1. The number of nitrogens with zero attached hydrogens (tertiary/aromatic N) is 2. The van der Waals surface area contributed by atoms with Crippen LogP contribution in [-0.4, -0.2) is 18.1 Å². The quantitative estimate of drug-likeness (QED) is 0.423. The van der Waals surface area contributed by atoms with E-state index in [9.17, 15) is 13.2 Å². The average Bonchev–Trinajstić information content (AvgIpc) is 2.77. The summed E-state index contributed by atoms with van der Waals surface area (Å²) in [6, 6.07) is 17.2. The molecule has 10 heteroatoms. The normalized spacial score (nSPS) is 12.6. The molecule has 3 N–H and O–H groups in total. The van der Waals surface area contributed by atoms with Crippen molar-refractivity contribution >= 4 is 38.2 Å². The van der Waals surface area contributed by atoms with Crippen LogP contribution in [-0.2, 0) is 10.0 Å². The maximum absolute atomic E-state index is 15.1. The van der Waals surface area contributed by atoms with Gasteiger partial charge in [0.2, 0.25) is 10.0 Å². The van der Waals surface area contributed by atoms with Crippen LogP contribution in [0.15, 0.2) is 76.4 Å². The minimum Gasteiger partial charge on any atom is -0.290 e. The number of sulfonamides is 1. The lowest BCUT2D eigenvalue weighted by atomic mass is 9.94. The van der Waals surface area contributed by atoms with Crippen LogP contribution >= 0.6 is 11.6 Å². The molecule has 0 aliphatic heterocycles. The van der Waals surface area contributed by atoms with Crippen LogP contribution in [0, 0.1) is 5.82 Å². The summed E-state index contributed by atoms with van der Waals surface area (Å²) in [5.74, 6) is -1.55. The zero-order chi connectivity index (χ0) is 23.8. The van der Waals surface area contributed by atoms with Gasteiger partial charge < -0.3 is 0 Å². The van der Waals surface area contributed by atoms with Crippen molar-refractivity contribution in [3.05, 3.63) is 99.3 Å². The van der Waals surface area contributed by atoms with Crippen LogP contribution in [0.5, 0.6) is 0 Å². The predicted molar refractivity (Wildman–Crippen MR) is 126 cm³/mol. The molecular formula is C23H20ClFN4O3S. The van der Waals surface area contributed by atoms with Crippen molar-refractivity contribution in [3.8, 4) is 0 Å². The SMILES string of the molecule is CC[C@H](c1c(F)cccc1S(N)(=O)=O)c1nc2cc(Cl)ccc2c(=O)n1Nc1ccccc1. The van der Waals surface area contributed by atoms with E-state index in [1.807, 2.05) is 6.07 Å². The number of rotatable bonds is 6. The topological polar surface area (TPSA) is 107 Å². The van der Waals surface area contributed by atoms with Crippen molar-refractivity contribution in [2.24, 2.45) is 5.14 Å². The Hall–Kier alpha value is -3.27. The summed E-state index contributed by atoms with van der Waals surface area (Å²) >= 11 is 6.11. The first kappa shape index (κ1) is 22.9. The third-order valence-corrected chi connectivity index (χ3v) is 6.46. The van der Waals surface area contributed by atoms with Gasteiger partial charge in [0, 0.05) is 16.5 Å². The number of anilines is 1. The highest BCUT2D eigenvalue weighted by molar-refractivity contribution is 7.89. The Morgan fingerprint density at radius 2 is 1.85 bits per heavy atom. The summed E-state index contributed by atoms with van der Waals surface area (Å²) < 4.78 is 40.8. The van der Waals surface area contributed by atoms with Crippen LogP contribution in [0.25, 0.3) is 10.9 Å². The molecule has 0 unspecified atom stereocenters. The molecule has 1 heterocycles. The standard InChI is InChI=1S/C23H20ClFN4O3S/c1-2-16(21-18(25)9-6-10-20(21)33(26,31)32)22-27-19-13-14(24)11-12-17(19)23(30)29(22)28-15-7-4-3-5-8-15/h3-13,16,28H,2H2,1H3,(H2,26,31,32)/t16-/m1/s1. The number of hydrogen-bond donors (Lipinski definition) is 2. The van der Waals surface area contributed by atoms with E-state index in [1.165, 1.54) is 22.9 Å². The average molecular weight is 487 g/mol. The minimum atomic E-state index is -4.25. The van der Waals surface area contributed by atoms with E-state index in [4.69, 9.17) is 16.7 Å². The number of benzene rings is 3. The van der Waals surface area contributed by atoms with Crippen molar-refractivity contribution < 1.29 is 12.8 Å². The highest BCUT2D eigenvalue weighted by atomic mass is 35.5. The predicted octanol–water partition coefficient (Wildman–Crippen LogP) is 4.25. The zero-order valence-corrected chi connectivity index (χ0v) is 19.1. The second kappa shape index (κ2) is 8.93. The van der Waals surface area contributed by atoms with Crippen LogP contribution in [0.4, 0.5) is 10.1 Å². The van der Waals surface area contributed by atoms with Crippen LogP contribution in [0.3, 0.4) is 0 Å². The van der Waals surface area contributed by atoms with Crippen molar-refractivity contribution in [2.75, 3.05) is 5.43 Å². The smallest absolute Gasteiger partial charge is 0.280 e. The molecule has 0 radical (unpaired) electrons. The van der Waals surface area contributed by atoms with Crippen LogP contribution in [0.2, 0.25) is 5.02 Å². The van der Waals surface area contributed by atoms with Gasteiger partial charge in [-0.2, -0.15) is 0 Å². The van der Waals surface area contributed by atoms with Gasteiger partial charge in [0.1, 0.15) is 11.6 Å². The largest absolute Gasteiger partial charge is 0.290 e. The molecule has 0 saturated heterocycles. The molecule has 4 rings (SSSR count). The molecule has 4 aromatic rings. The Balaban J connectivity index is 2.05. The molecule has 0 aliphatic rings.